The molecule has 2 aliphatic heterocycles. The van der Waals surface area contributed by atoms with Crippen molar-refractivity contribution in [2.24, 2.45) is 11.8 Å². The highest BCUT2D eigenvalue weighted by Crippen LogP contribution is 2.43. The highest BCUT2D eigenvalue weighted by atomic mass is 16.5. The Morgan fingerprint density at radius 2 is 1.85 bits per heavy atom. The first-order valence-corrected chi connectivity index (χ1v) is 8.78. The van der Waals surface area contributed by atoms with Crippen LogP contribution in [0.2, 0.25) is 0 Å². The van der Waals surface area contributed by atoms with Crippen LogP contribution in [0.3, 0.4) is 0 Å². The average molecular weight is 281 g/mol. The highest BCUT2D eigenvalue weighted by molar-refractivity contribution is 4.94. The van der Waals surface area contributed by atoms with Gasteiger partial charge in [-0.3, -0.25) is 0 Å². The molecule has 3 rings (SSSR count). The van der Waals surface area contributed by atoms with Gasteiger partial charge in [0, 0.05) is 25.9 Å². The first-order chi connectivity index (χ1) is 9.83. The van der Waals surface area contributed by atoms with Gasteiger partial charge < -0.3 is 14.8 Å². The highest BCUT2D eigenvalue weighted by Gasteiger charge is 2.43. The van der Waals surface area contributed by atoms with Crippen molar-refractivity contribution in [3.05, 3.63) is 0 Å². The van der Waals surface area contributed by atoms with Gasteiger partial charge in [-0.25, -0.2) is 0 Å². The summed E-state index contributed by atoms with van der Waals surface area (Å²) in [5.41, 5.74) is 0.162. The van der Waals surface area contributed by atoms with Gasteiger partial charge in [-0.2, -0.15) is 0 Å². The van der Waals surface area contributed by atoms with Crippen molar-refractivity contribution >= 4 is 0 Å². The Bertz CT molecular complexity index is 294. The third-order valence-corrected chi connectivity index (χ3v) is 5.83. The Balaban J connectivity index is 1.65. The zero-order chi connectivity index (χ0) is 13.8. The van der Waals surface area contributed by atoms with E-state index in [4.69, 9.17) is 9.47 Å². The van der Waals surface area contributed by atoms with Gasteiger partial charge in [0.15, 0.2) is 0 Å². The van der Waals surface area contributed by atoms with Crippen LogP contribution in [0.1, 0.15) is 58.3 Å². The molecule has 20 heavy (non-hydrogen) atoms. The lowest BCUT2D eigenvalue weighted by Crippen LogP contribution is -2.49. The molecule has 1 aliphatic carbocycles. The summed E-state index contributed by atoms with van der Waals surface area (Å²) in [6.07, 6.45) is 10.4. The number of hydrogen-bond acceptors (Lipinski definition) is 3. The quantitative estimate of drug-likeness (QED) is 0.862. The smallest absolute Gasteiger partial charge is 0.0729 e. The van der Waals surface area contributed by atoms with Crippen LogP contribution >= 0.6 is 0 Å². The zero-order valence-corrected chi connectivity index (χ0v) is 13.0. The van der Waals surface area contributed by atoms with Gasteiger partial charge in [-0.05, 0) is 56.9 Å². The van der Waals surface area contributed by atoms with Crippen molar-refractivity contribution in [3.8, 4) is 0 Å². The molecule has 0 bridgehead atoms. The first-order valence-electron chi connectivity index (χ1n) is 8.78. The first kappa shape index (κ1) is 14.8. The fraction of sp³-hybridized carbons (Fsp3) is 1.00. The van der Waals surface area contributed by atoms with E-state index in [9.17, 15) is 0 Å². The van der Waals surface area contributed by atoms with Crippen LogP contribution in [-0.4, -0.2) is 38.0 Å². The Labute approximate surface area is 123 Å². The van der Waals surface area contributed by atoms with E-state index in [2.05, 4.69) is 12.2 Å². The Morgan fingerprint density at radius 3 is 2.65 bits per heavy atom. The molecule has 0 radical (unpaired) electrons. The predicted molar refractivity (Wildman–Crippen MR) is 80.9 cm³/mol. The second-order valence-corrected chi connectivity index (χ2v) is 7.01. The Kier molecular flexibility index (Phi) is 5.00. The molecule has 2 heterocycles. The lowest BCUT2D eigenvalue weighted by molar-refractivity contribution is -0.155. The van der Waals surface area contributed by atoms with Crippen LogP contribution in [0.5, 0.6) is 0 Å². The van der Waals surface area contributed by atoms with E-state index in [1.165, 1.54) is 38.5 Å². The summed E-state index contributed by atoms with van der Waals surface area (Å²) in [5.74, 6) is 1.75. The second-order valence-electron chi connectivity index (χ2n) is 7.01. The maximum absolute atomic E-state index is 6.22. The van der Waals surface area contributed by atoms with E-state index in [0.29, 0.717) is 0 Å². The maximum atomic E-state index is 6.22. The molecule has 1 spiro atoms. The molecule has 0 aromatic rings. The van der Waals surface area contributed by atoms with E-state index in [0.717, 1.165) is 57.1 Å². The van der Waals surface area contributed by atoms with Crippen molar-refractivity contribution < 1.29 is 9.47 Å². The minimum Gasteiger partial charge on any atom is -0.381 e. The Hall–Kier alpha value is -0.120. The van der Waals surface area contributed by atoms with Gasteiger partial charge in [0.25, 0.3) is 0 Å². The van der Waals surface area contributed by atoms with Crippen LogP contribution in [-0.2, 0) is 9.47 Å². The maximum Gasteiger partial charge on any atom is 0.0729 e. The van der Waals surface area contributed by atoms with Crippen molar-refractivity contribution in [3.63, 3.8) is 0 Å². The van der Waals surface area contributed by atoms with Crippen molar-refractivity contribution in [2.45, 2.75) is 69.9 Å². The molecule has 3 heteroatoms. The van der Waals surface area contributed by atoms with Crippen molar-refractivity contribution in [1.82, 2.24) is 5.32 Å². The molecule has 3 aliphatic rings. The molecule has 1 saturated carbocycles. The third kappa shape index (κ3) is 3.20. The molecule has 0 amide bonds. The second kappa shape index (κ2) is 6.76. The summed E-state index contributed by atoms with van der Waals surface area (Å²) in [6, 6.07) is 0.758. The van der Waals surface area contributed by atoms with E-state index in [1.807, 2.05) is 0 Å². The van der Waals surface area contributed by atoms with Gasteiger partial charge in [0.2, 0.25) is 0 Å². The van der Waals surface area contributed by atoms with Crippen LogP contribution in [0.25, 0.3) is 0 Å². The van der Waals surface area contributed by atoms with Gasteiger partial charge in [-0.1, -0.05) is 19.8 Å². The predicted octanol–water partition coefficient (Wildman–Crippen LogP) is 3.13. The van der Waals surface area contributed by atoms with Gasteiger partial charge in [0.1, 0.15) is 0 Å². The number of nitrogens with one attached hydrogen (secondary N) is 1. The molecule has 116 valence electrons. The summed E-state index contributed by atoms with van der Waals surface area (Å²) in [6.45, 7) is 6.13. The van der Waals surface area contributed by atoms with Gasteiger partial charge in [-0.15, -0.1) is 0 Å². The number of ether oxygens (including phenoxy) is 2. The largest absolute Gasteiger partial charge is 0.381 e. The fourth-order valence-corrected chi connectivity index (χ4v) is 4.76. The van der Waals surface area contributed by atoms with Crippen LogP contribution < -0.4 is 5.32 Å². The van der Waals surface area contributed by atoms with E-state index in [1.54, 1.807) is 0 Å². The molecular weight excluding hydrogens is 250 g/mol. The van der Waals surface area contributed by atoms with Crippen LogP contribution in [0, 0.1) is 11.8 Å². The van der Waals surface area contributed by atoms with Gasteiger partial charge >= 0.3 is 0 Å². The van der Waals surface area contributed by atoms with Crippen molar-refractivity contribution in [2.75, 3.05) is 26.4 Å². The molecule has 3 unspecified atom stereocenters. The third-order valence-electron chi connectivity index (χ3n) is 5.83. The Morgan fingerprint density at radius 1 is 1.05 bits per heavy atom. The summed E-state index contributed by atoms with van der Waals surface area (Å²) < 4.78 is 11.8. The van der Waals surface area contributed by atoms with Crippen LogP contribution in [0.15, 0.2) is 0 Å². The minimum atomic E-state index is 0.162. The summed E-state index contributed by atoms with van der Waals surface area (Å²) >= 11 is 0. The average Bonchev–Trinajstić information content (AvgIpc) is 2.49. The SMILES string of the molecule is CCNC1CCCCC1C1CCOC2(CCOCC2)C1. The van der Waals surface area contributed by atoms with E-state index < -0.39 is 0 Å². The van der Waals surface area contributed by atoms with Gasteiger partial charge in [0.05, 0.1) is 5.60 Å². The topological polar surface area (TPSA) is 30.5 Å². The van der Waals surface area contributed by atoms with E-state index >= 15 is 0 Å². The fourth-order valence-electron chi connectivity index (χ4n) is 4.76. The molecule has 0 aromatic heterocycles. The summed E-state index contributed by atoms with van der Waals surface area (Å²) in [5, 5.41) is 3.76. The van der Waals surface area contributed by atoms with Crippen LogP contribution in [0.4, 0.5) is 0 Å². The lowest BCUT2D eigenvalue weighted by Gasteiger charge is -2.47. The summed E-state index contributed by atoms with van der Waals surface area (Å²) in [7, 11) is 0. The zero-order valence-electron chi connectivity index (χ0n) is 13.0. The normalized spacial score (nSPS) is 38.0. The molecule has 3 fully saturated rings. The monoisotopic (exact) mass is 281 g/mol. The standard InChI is InChI=1S/C17H31NO2/c1-2-18-16-6-4-3-5-15(16)14-7-10-20-17(13-14)8-11-19-12-9-17/h14-16,18H,2-13H2,1H3. The molecule has 3 nitrogen and oxygen atoms in total. The molecule has 2 saturated heterocycles. The molecular formula is C17H31NO2. The van der Waals surface area contributed by atoms with Crippen molar-refractivity contribution in [1.29, 1.82) is 0 Å². The molecule has 3 atom stereocenters. The number of hydrogen-bond donors (Lipinski definition) is 1. The summed E-state index contributed by atoms with van der Waals surface area (Å²) in [4.78, 5) is 0. The number of rotatable bonds is 3. The minimum absolute atomic E-state index is 0.162. The lowest BCUT2D eigenvalue weighted by atomic mass is 9.69. The molecule has 0 aromatic carbocycles. The van der Waals surface area contributed by atoms with E-state index in [-0.39, 0.29) is 5.60 Å². The molecule has 1 N–H and O–H groups in total.